The van der Waals surface area contributed by atoms with E-state index in [1.807, 2.05) is 24.3 Å². The second-order valence-corrected chi connectivity index (χ2v) is 5.35. The molecule has 0 saturated heterocycles. The SMILES string of the molecule is CCCc1ccc(OCC(=O)NC2CCCC2O)cc1. The highest BCUT2D eigenvalue weighted by atomic mass is 16.5. The van der Waals surface area contributed by atoms with Crippen LogP contribution >= 0.6 is 0 Å². The summed E-state index contributed by atoms with van der Waals surface area (Å²) in [6.07, 6.45) is 4.34. The first-order chi connectivity index (χ1) is 9.69. The number of benzene rings is 1. The zero-order valence-electron chi connectivity index (χ0n) is 12.0. The van der Waals surface area contributed by atoms with Crippen molar-refractivity contribution in [1.82, 2.24) is 5.32 Å². The average molecular weight is 277 g/mol. The van der Waals surface area contributed by atoms with Gasteiger partial charge in [0, 0.05) is 0 Å². The van der Waals surface area contributed by atoms with E-state index >= 15 is 0 Å². The van der Waals surface area contributed by atoms with Crippen LogP contribution in [0.2, 0.25) is 0 Å². The van der Waals surface area contributed by atoms with E-state index in [0.29, 0.717) is 5.75 Å². The van der Waals surface area contributed by atoms with E-state index in [1.165, 1.54) is 5.56 Å². The van der Waals surface area contributed by atoms with Crippen LogP contribution < -0.4 is 10.1 Å². The molecule has 2 atom stereocenters. The lowest BCUT2D eigenvalue weighted by atomic mass is 10.1. The Balaban J connectivity index is 1.75. The monoisotopic (exact) mass is 277 g/mol. The minimum absolute atomic E-state index is 0.00363. The number of carbonyl (C=O) groups excluding carboxylic acids is 1. The van der Waals surface area contributed by atoms with Gasteiger partial charge < -0.3 is 15.2 Å². The number of aliphatic hydroxyl groups is 1. The van der Waals surface area contributed by atoms with Crippen LogP contribution in [0.3, 0.4) is 0 Å². The molecule has 4 heteroatoms. The van der Waals surface area contributed by atoms with Crippen molar-refractivity contribution in [3.05, 3.63) is 29.8 Å². The Labute approximate surface area is 120 Å². The van der Waals surface area contributed by atoms with Gasteiger partial charge in [0.1, 0.15) is 5.75 Å². The molecule has 4 nitrogen and oxygen atoms in total. The number of ether oxygens (including phenoxy) is 1. The highest BCUT2D eigenvalue weighted by Crippen LogP contribution is 2.18. The maximum Gasteiger partial charge on any atom is 0.258 e. The van der Waals surface area contributed by atoms with Crippen molar-refractivity contribution in [1.29, 1.82) is 0 Å². The lowest BCUT2D eigenvalue weighted by molar-refractivity contribution is -0.124. The largest absolute Gasteiger partial charge is 0.484 e. The summed E-state index contributed by atoms with van der Waals surface area (Å²) in [6, 6.07) is 7.72. The molecule has 1 aromatic rings. The predicted molar refractivity (Wildman–Crippen MR) is 77.7 cm³/mol. The van der Waals surface area contributed by atoms with Crippen molar-refractivity contribution in [3.63, 3.8) is 0 Å². The average Bonchev–Trinajstić information content (AvgIpc) is 2.84. The highest BCUT2D eigenvalue weighted by Gasteiger charge is 2.26. The topological polar surface area (TPSA) is 58.6 Å². The molecule has 0 aromatic heterocycles. The Kier molecular flexibility index (Phi) is 5.41. The number of nitrogens with one attached hydrogen (secondary N) is 1. The molecule has 20 heavy (non-hydrogen) atoms. The smallest absolute Gasteiger partial charge is 0.258 e. The molecule has 1 aromatic carbocycles. The van der Waals surface area contributed by atoms with Crippen molar-refractivity contribution in [2.24, 2.45) is 0 Å². The van der Waals surface area contributed by atoms with Crippen LogP contribution in [0.4, 0.5) is 0 Å². The van der Waals surface area contributed by atoms with Gasteiger partial charge in [-0.25, -0.2) is 0 Å². The van der Waals surface area contributed by atoms with Gasteiger partial charge >= 0.3 is 0 Å². The zero-order valence-corrected chi connectivity index (χ0v) is 12.0. The Morgan fingerprint density at radius 3 is 2.70 bits per heavy atom. The van der Waals surface area contributed by atoms with Gasteiger partial charge in [0.05, 0.1) is 12.1 Å². The third-order valence-electron chi connectivity index (χ3n) is 3.66. The van der Waals surface area contributed by atoms with Crippen molar-refractivity contribution >= 4 is 5.91 Å². The number of carbonyl (C=O) groups is 1. The molecule has 0 radical (unpaired) electrons. The maximum atomic E-state index is 11.7. The van der Waals surface area contributed by atoms with E-state index in [9.17, 15) is 9.90 Å². The van der Waals surface area contributed by atoms with Gasteiger partial charge in [-0.05, 0) is 43.4 Å². The van der Waals surface area contributed by atoms with Crippen molar-refractivity contribution in [2.75, 3.05) is 6.61 Å². The first kappa shape index (κ1) is 14.9. The number of aryl methyl sites for hydroxylation is 1. The summed E-state index contributed by atoms with van der Waals surface area (Å²) in [5.74, 6) is 0.528. The van der Waals surface area contributed by atoms with Crippen LogP contribution in [0.1, 0.15) is 38.2 Å². The summed E-state index contributed by atoms with van der Waals surface area (Å²) >= 11 is 0. The molecule has 110 valence electrons. The van der Waals surface area contributed by atoms with Crippen LogP contribution in [0.15, 0.2) is 24.3 Å². The lowest BCUT2D eigenvalue weighted by Crippen LogP contribution is -2.42. The molecule has 0 aliphatic heterocycles. The minimum atomic E-state index is -0.410. The fourth-order valence-corrected chi connectivity index (χ4v) is 2.55. The Morgan fingerprint density at radius 1 is 1.35 bits per heavy atom. The van der Waals surface area contributed by atoms with E-state index in [2.05, 4.69) is 12.2 Å². The highest BCUT2D eigenvalue weighted by molar-refractivity contribution is 5.77. The molecule has 2 unspecified atom stereocenters. The van der Waals surface area contributed by atoms with Gasteiger partial charge in [-0.3, -0.25) is 4.79 Å². The fourth-order valence-electron chi connectivity index (χ4n) is 2.55. The maximum absolute atomic E-state index is 11.7. The van der Waals surface area contributed by atoms with Crippen molar-refractivity contribution < 1.29 is 14.6 Å². The molecule has 0 heterocycles. The van der Waals surface area contributed by atoms with Gasteiger partial charge in [-0.1, -0.05) is 25.5 Å². The van der Waals surface area contributed by atoms with Gasteiger partial charge in [-0.2, -0.15) is 0 Å². The second kappa shape index (κ2) is 7.29. The molecule has 1 fully saturated rings. The summed E-state index contributed by atoms with van der Waals surface area (Å²) in [4.78, 5) is 11.7. The van der Waals surface area contributed by atoms with Gasteiger partial charge in [0.15, 0.2) is 6.61 Å². The number of amides is 1. The summed E-state index contributed by atoms with van der Waals surface area (Å²) in [5, 5.41) is 12.5. The quantitative estimate of drug-likeness (QED) is 0.836. The van der Waals surface area contributed by atoms with E-state index in [0.717, 1.165) is 32.1 Å². The van der Waals surface area contributed by atoms with E-state index in [-0.39, 0.29) is 18.6 Å². The molecule has 0 bridgehead atoms. The summed E-state index contributed by atoms with van der Waals surface area (Å²) < 4.78 is 5.45. The normalized spacial score (nSPS) is 21.7. The fraction of sp³-hybridized carbons (Fsp3) is 0.562. The molecular formula is C16H23NO3. The van der Waals surface area contributed by atoms with Gasteiger partial charge in [0.2, 0.25) is 0 Å². The molecule has 0 spiro atoms. The van der Waals surface area contributed by atoms with E-state index in [4.69, 9.17) is 4.74 Å². The van der Waals surface area contributed by atoms with E-state index < -0.39 is 6.10 Å². The van der Waals surface area contributed by atoms with Gasteiger partial charge in [-0.15, -0.1) is 0 Å². The molecule has 2 N–H and O–H groups in total. The molecule has 1 aliphatic rings. The predicted octanol–water partition coefficient (Wildman–Crippen LogP) is 2.05. The molecule has 2 rings (SSSR count). The van der Waals surface area contributed by atoms with Crippen LogP contribution in [-0.2, 0) is 11.2 Å². The minimum Gasteiger partial charge on any atom is -0.484 e. The third kappa shape index (κ3) is 4.23. The van der Waals surface area contributed by atoms with Crippen LogP contribution in [0, 0.1) is 0 Å². The summed E-state index contributed by atoms with van der Waals surface area (Å²) in [7, 11) is 0. The Hall–Kier alpha value is -1.55. The molecular weight excluding hydrogens is 254 g/mol. The van der Waals surface area contributed by atoms with Crippen molar-refractivity contribution in [2.45, 2.75) is 51.2 Å². The second-order valence-electron chi connectivity index (χ2n) is 5.35. The first-order valence-electron chi connectivity index (χ1n) is 7.38. The third-order valence-corrected chi connectivity index (χ3v) is 3.66. The number of hydrogen-bond donors (Lipinski definition) is 2. The van der Waals surface area contributed by atoms with Gasteiger partial charge in [0.25, 0.3) is 5.91 Å². The van der Waals surface area contributed by atoms with Crippen LogP contribution in [-0.4, -0.2) is 29.8 Å². The summed E-state index contributed by atoms with van der Waals surface area (Å²) in [5.41, 5.74) is 1.28. The molecule has 1 amide bonds. The number of hydrogen-bond acceptors (Lipinski definition) is 3. The van der Waals surface area contributed by atoms with Crippen LogP contribution in [0.25, 0.3) is 0 Å². The number of rotatable bonds is 6. The Bertz CT molecular complexity index is 430. The zero-order chi connectivity index (χ0) is 14.4. The number of aliphatic hydroxyl groups excluding tert-OH is 1. The summed E-state index contributed by atoms with van der Waals surface area (Å²) in [6.45, 7) is 2.14. The molecule has 1 saturated carbocycles. The Morgan fingerprint density at radius 2 is 2.10 bits per heavy atom. The standard InChI is InChI=1S/C16H23NO3/c1-2-4-12-7-9-13(10-8-12)20-11-16(19)17-14-5-3-6-15(14)18/h7-10,14-15,18H,2-6,11H2,1H3,(H,17,19). The van der Waals surface area contributed by atoms with Crippen LogP contribution in [0.5, 0.6) is 5.75 Å². The van der Waals surface area contributed by atoms with E-state index in [1.54, 1.807) is 0 Å². The lowest BCUT2D eigenvalue weighted by Gasteiger charge is -2.16. The first-order valence-corrected chi connectivity index (χ1v) is 7.38. The molecule has 1 aliphatic carbocycles. The van der Waals surface area contributed by atoms with Crippen molar-refractivity contribution in [3.8, 4) is 5.75 Å².